The topological polar surface area (TPSA) is 38.3 Å². The molecule has 1 N–H and O–H groups in total. The Morgan fingerprint density at radius 3 is 3.00 bits per heavy atom. The van der Waals surface area contributed by atoms with Crippen molar-refractivity contribution >= 4 is 5.91 Å². The summed E-state index contributed by atoms with van der Waals surface area (Å²) in [6.45, 7) is 2.03. The molecule has 104 valence electrons. The van der Waals surface area contributed by atoms with Crippen LogP contribution in [0.25, 0.3) is 0 Å². The highest BCUT2D eigenvalue weighted by Crippen LogP contribution is 2.35. The molecule has 0 heterocycles. The van der Waals surface area contributed by atoms with E-state index in [0.717, 1.165) is 31.4 Å². The Hall–Kier alpha value is -1.51. The van der Waals surface area contributed by atoms with Crippen LogP contribution < -0.4 is 10.1 Å². The molecule has 0 saturated heterocycles. The quantitative estimate of drug-likeness (QED) is 0.883. The minimum absolute atomic E-state index is 0.193. The molecular formula is C16H23NO2. The smallest absolute Gasteiger partial charge is 0.220 e. The summed E-state index contributed by atoms with van der Waals surface area (Å²) in [6.07, 6.45) is 4.82. The van der Waals surface area contributed by atoms with Gasteiger partial charge < -0.3 is 10.1 Å². The van der Waals surface area contributed by atoms with Crippen molar-refractivity contribution < 1.29 is 9.53 Å². The molecule has 0 radical (unpaired) electrons. The molecule has 2 atom stereocenters. The van der Waals surface area contributed by atoms with Crippen LogP contribution in [0.15, 0.2) is 24.3 Å². The standard InChI is InChI=1S/C16H23NO2/c1-3-5-16(18)17-14-9-8-13(10-14)12-6-4-7-15(11-12)19-2/h4,6-7,11,13-14H,3,5,8-10H2,1-2H3,(H,17,18)/t13-,14-/m0/s1. The number of carbonyl (C=O) groups excluding carboxylic acids is 1. The molecule has 1 amide bonds. The first kappa shape index (κ1) is 13.9. The van der Waals surface area contributed by atoms with Gasteiger partial charge in [-0.3, -0.25) is 4.79 Å². The molecule has 3 heteroatoms. The van der Waals surface area contributed by atoms with Crippen LogP contribution in [0.5, 0.6) is 5.75 Å². The highest BCUT2D eigenvalue weighted by molar-refractivity contribution is 5.76. The van der Waals surface area contributed by atoms with Crippen molar-refractivity contribution in [2.75, 3.05) is 7.11 Å². The maximum absolute atomic E-state index is 11.6. The fraction of sp³-hybridized carbons (Fsp3) is 0.562. The van der Waals surface area contributed by atoms with E-state index in [0.29, 0.717) is 18.4 Å². The summed E-state index contributed by atoms with van der Waals surface area (Å²) in [5.41, 5.74) is 1.33. The van der Waals surface area contributed by atoms with Crippen LogP contribution in [0, 0.1) is 0 Å². The van der Waals surface area contributed by atoms with Gasteiger partial charge in [-0.15, -0.1) is 0 Å². The normalized spacial score (nSPS) is 22.2. The van der Waals surface area contributed by atoms with Gasteiger partial charge in [0, 0.05) is 12.5 Å². The molecular weight excluding hydrogens is 238 g/mol. The summed E-state index contributed by atoms with van der Waals surface area (Å²) < 4.78 is 5.27. The van der Waals surface area contributed by atoms with Crippen molar-refractivity contribution in [3.63, 3.8) is 0 Å². The highest BCUT2D eigenvalue weighted by Gasteiger charge is 2.26. The zero-order valence-corrected chi connectivity index (χ0v) is 11.8. The third-order valence-electron chi connectivity index (χ3n) is 3.84. The molecule has 1 aromatic carbocycles. The van der Waals surface area contributed by atoms with Crippen molar-refractivity contribution in [3.8, 4) is 5.75 Å². The van der Waals surface area contributed by atoms with E-state index in [4.69, 9.17) is 4.74 Å². The van der Waals surface area contributed by atoms with Gasteiger partial charge in [-0.1, -0.05) is 19.1 Å². The molecule has 0 spiro atoms. The molecule has 0 unspecified atom stereocenters. The molecule has 1 saturated carbocycles. The average Bonchev–Trinajstić information content (AvgIpc) is 2.87. The van der Waals surface area contributed by atoms with Crippen LogP contribution in [0.4, 0.5) is 0 Å². The Morgan fingerprint density at radius 2 is 2.26 bits per heavy atom. The number of methoxy groups -OCH3 is 1. The second-order valence-corrected chi connectivity index (χ2v) is 5.30. The van der Waals surface area contributed by atoms with E-state index in [1.165, 1.54) is 5.56 Å². The predicted octanol–water partition coefficient (Wildman–Crippen LogP) is 3.25. The lowest BCUT2D eigenvalue weighted by molar-refractivity contribution is -0.121. The number of nitrogens with one attached hydrogen (secondary N) is 1. The zero-order chi connectivity index (χ0) is 13.7. The molecule has 1 fully saturated rings. The molecule has 19 heavy (non-hydrogen) atoms. The molecule has 0 aromatic heterocycles. The van der Waals surface area contributed by atoms with Crippen LogP contribution >= 0.6 is 0 Å². The van der Waals surface area contributed by atoms with E-state index >= 15 is 0 Å². The van der Waals surface area contributed by atoms with E-state index in [1.807, 2.05) is 19.1 Å². The van der Waals surface area contributed by atoms with Crippen molar-refractivity contribution in [1.82, 2.24) is 5.32 Å². The Morgan fingerprint density at radius 1 is 1.42 bits per heavy atom. The first-order chi connectivity index (χ1) is 9.22. The molecule has 2 rings (SSSR count). The number of rotatable bonds is 5. The van der Waals surface area contributed by atoms with Gasteiger partial charge in [0.1, 0.15) is 5.75 Å². The molecule has 1 aliphatic rings. The lowest BCUT2D eigenvalue weighted by Crippen LogP contribution is -2.32. The van der Waals surface area contributed by atoms with Gasteiger partial charge >= 0.3 is 0 Å². The zero-order valence-electron chi connectivity index (χ0n) is 11.8. The van der Waals surface area contributed by atoms with Gasteiger partial charge in [-0.2, -0.15) is 0 Å². The molecule has 0 aliphatic heterocycles. The lowest BCUT2D eigenvalue weighted by Gasteiger charge is -2.14. The largest absolute Gasteiger partial charge is 0.497 e. The van der Waals surface area contributed by atoms with Gasteiger partial charge in [-0.25, -0.2) is 0 Å². The lowest BCUT2D eigenvalue weighted by atomic mass is 9.97. The summed E-state index contributed by atoms with van der Waals surface area (Å²) in [7, 11) is 1.70. The average molecular weight is 261 g/mol. The summed E-state index contributed by atoms with van der Waals surface area (Å²) >= 11 is 0. The Labute approximate surface area is 115 Å². The van der Waals surface area contributed by atoms with Crippen molar-refractivity contribution in [3.05, 3.63) is 29.8 Å². The predicted molar refractivity (Wildman–Crippen MR) is 76.4 cm³/mol. The van der Waals surface area contributed by atoms with E-state index in [1.54, 1.807) is 7.11 Å². The van der Waals surface area contributed by atoms with E-state index < -0.39 is 0 Å². The molecule has 3 nitrogen and oxygen atoms in total. The highest BCUT2D eigenvalue weighted by atomic mass is 16.5. The number of benzene rings is 1. The fourth-order valence-corrected chi connectivity index (χ4v) is 2.84. The van der Waals surface area contributed by atoms with Crippen LogP contribution in [0.3, 0.4) is 0 Å². The maximum Gasteiger partial charge on any atom is 0.220 e. The minimum Gasteiger partial charge on any atom is -0.497 e. The number of carbonyl (C=O) groups is 1. The third kappa shape index (κ3) is 3.72. The SMILES string of the molecule is CCCC(=O)N[C@H]1CC[C@H](c2cccc(OC)c2)C1. The molecule has 1 aliphatic carbocycles. The first-order valence-corrected chi connectivity index (χ1v) is 7.16. The Kier molecular flexibility index (Phi) is 4.83. The summed E-state index contributed by atoms with van der Waals surface area (Å²) in [5.74, 6) is 1.65. The second kappa shape index (κ2) is 6.60. The van der Waals surface area contributed by atoms with Crippen LogP contribution in [0.1, 0.15) is 50.5 Å². The number of hydrogen-bond acceptors (Lipinski definition) is 2. The van der Waals surface area contributed by atoms with Gasteiger partial charge in [0.2, 0.25) is 5.91 Å². The summed E-state index contributed by atoms with van der Waals surface area (Å²) in [4.78, 5) is 11.6. The first-order valence-electron chi connectivity index (χ1n) is 7.16. The number of amides is 1. The van der Waals surface area contributed by atoms with Gasteiger partial charge in [0.25, 0.3) is 0 Å². The van der Waals surface area contributed by atoms with Crippen molar-refractivity contribution in [2.24, 2.45) is 0 Å². The minimum atomic E-state index is 0.193. The van der Waals surface area contributed by atoms with E-state index in [-0.39, 0.29) is 5.91 Å². The monoisotopic (exact) mass is 261 g/mol. The number of hydrogen-bond donors (Lipinski definition) is 1. The fourth-order valence-electron chi connectivity index (χ4n) is 2.84. The summed E-state index contributed by atoms with van der Waals surface area (Å²) in [5, 5.41) is 3.14. The van der Waals surface area contributed by atoms with Crippen molar-refractivity contribution in [2.45, 2.75) is 51.0 Å². The third-order valence-corrected chi connectivity index (χ3v) is 3.84. The number of ether oxygens (including phenoxy) is 1. The Balaban J connectivity index is 1.92. The Bertz CT molecular complexity index is 431. The van der Waals surface area contributed by atoms with Gasteiger partial charge in [0.05, 0.1) is 7.11 Å². The van der Waals surface area contributed by atoms with Gasteiger partial charge in [-0.05, 0) is 49.3 Å². The van der Waals surface area contributed by atoms with E-state index in [2.05, 4.69) is 17.4 Å². The van der Waals surface area contributed by atoms with Gasteiger partial charge in [0.15, 0.2) is 0 Å². The van der Waals surface area contributed by atoms with E-state index in [9.17, 15) is 4.79 Å². The maximum atomic E-state index is 11.6. The van der Waals surface area contributed by atoms with Crippen LogP contribution in [0.2, 0.25) is 0 Å². The molecule has 0 bridgehead atoms. The van der Waals surface area contributed by atoms with Crippen molar-refractivity contribution in [1.29, 1.82) is 0 Å². The van der Waals surface area contributed by atoms with Crippen LogP contribution in [-0.4, -0.2) is 19.1 Å². The molecule has 1 aromatic rings. The van der Waals surface area contributed by atoms with Crippen LogP contribution in [-0.2, 0) is 4.79 Å². The summed E-state index contributed by atoms with van der Waals surface area (Å²) in [6, 6.07) is 8.62. The second-order valence-electron chi connectivity index (χ2n) is 5.30.